The molecule has 0 aliphatic carbocycles. The van der Waals surface area contributed by atoms with Gasteiger partial charge in [-0.15, -0.1) is 0 Å². The minimum atomic E-state index is -1.25. The minimum Gasteiger partial charge on any atom is -0.447 e. The molecule has 0 aromatic carbocycles. The van der Waals surface area contributed by atoms with E-state index in [4.69, 9.17) is 54.0 Å². The predicted octanol–water partition coefficient (Wildman–Crippen LogP) is 7.76. The molecule has 44 nitrogen and oxygen atoms in total. The van der Waals surface area contributed by atoms with Crippen molar-refractivity contribution in [3.63, 3.8) is 0 Å². The van der Waals surface area contributed by atoms with E-state index in [1.165, 1.54) is 74.2 Å². The third-order valence-corrected chi connectivity index (χ3v) is 21.1. The molecule has 16 rings (SSSR count). The second kappa shape index (κ2) is 55.6. The van der Waals surface area contributed by atoms with E-state index in [0.29, 0.717) is 102 Å². The van der Waals surface area contributed by atoms with Gasteiger partial charge in [0.15, 0.2) is 80.4 Å². The van der Waals surface area contributed by atoms with Crippen molar-refractivity contribution in [3.8, 4) is 0 Å². The van der Waals surface area contributed by atoms with Gasteiger partial charge in [0.2, 0.25) is 0 Å². The maximum atomic E-state index is 11.5. The number of hydrogen-bond acceptors (Lipinski definition) is 38. The summed E-state index contributed by atoms with van der Waals surface area (Å²) in [6, 6.07) is 0.812. The second-order valence-corrected chi connectivity index (χ2v) is 32.6. The number of aliphatic hydroxyl groups excluding tert-OH is 6. The molecule has 8 aliphatic rings. The zero-order chi connectivity index (χ0) is 94.1. The lowest BCUT2D eigenvalue weighted by molar-refractivity contribution is -0.231. The number of fused-ring (bicyclic) bond motifs is 4. The van der Waals surface area contributed by atoms with E-state index in [0.717, 1.165) is 112 Å². The third kappa shape index (κ3) is 30.8. The van der Waals surface area contributed by atoms with Gasteiger partial charge in [0, 0.05) is 48.8 Å². The number of anilines is 4. The molecule has 128 heavy (non-hydrogen) atoms. The van der Waals surface area contributed by atoms with E-state index < -0.39 is 67.2 Å². The maximum absolute atomic E-state index is 11.5. The summed E-state index contributed by atoms with van der Waals surface area (Å²) in [6.07, 6.45) is 17.1. The number of ether oxygens (including phenoxy) is 10. The average Bonchev–Trinajstić information content (AvgIpc) is 1.65. The van der Waals surface area contributed by atoms with Crippen LogP contribution < -0.4 is 37.6 Å². The second-order valence-electron chi connectivity index (χ2n) is 32.6. The summed E-state index contributed by atoms with van der Waals surface area (Å²) in [4.78, 5) is 87.9. The lowest BCUT2D eigenvalue weighted by Crippen LogP contribution is -2.35. The number of aromatic nitrogens is 16. The van der Waals surface area contributed by atoms with Gasteiger partial charge in [-0.1, -0.05) is 130 Å². The van der Waals surface area contributed by atoms with Crippen LogP contribution in [0, 0.1) is 17.3 Å². The summed E-state index contributed by atoms with van der Waals surface area (Å²) < 4.78 is 68.5. The number of carbonyl (C=O) groups excluding carboxylic acids is 3. The van der Waals surface area contributed by atoms with Crippen molar-refractivity contribution < 1.29 is 104 Å². The van der Waals surface area contributed by atoms with E-state index in [9.17, 15) is 45.0 Å². The number of nitrogens with one attached hydrogen (secondary N) is 6. The number of unbranched alkanes of at least 4 members (excludes halogenated alkanes) is 2. The molecule has 0 saturated carbocycles. The summed E-state index contributed by atoms with van der Waals surface area (Å²) in [7, 11) is 4.47. The molecule has 718 valence electrons. The van der Waals surface area contributed by atoms with E-state index in [-0.39, 0.29) is 75.3 Å². The lowest BCUT2D eigenvalue weighted by Gasteiger charge is -2.17. The Morgan fingerprint density at radius 3 is 1.04 bits per heavy atom. The number of amides is 2. The van der Waals surface area contributed by atoms with Crippen molar-refractivity contribution in [2.75, 3.05) is 127 Å². The Labute approximate surface area is 761 Å². The first-order valence-corrected chi connectivity index (χ1v) is 45.4. The van der Waals surface area contributed by atoms with Gasteiger partial charge >= 0.3 is 18.2 Å². The van der Waals surface area contributed by atoms with Gasteiger partial charge in [-0.05, 0) is 80.6 Å². The largest absolute Gasteiger partial charge is 0.447 e. The fourth-order valence-corrected chi connectivity index (χ4v) is 14.3. The predicted molar refractivity (Wildman–Crippen MR) is 484 cm³/mol. The number of nitrogens with two attached hydrogens (primary N) is 1. The van der Waals surface area contributed by atoms with Crippen LogP contribution in [0.2, 0.25) is 0 Å². The number of imidazole rings is 4. The van der Waals surface area contributed by atoms with Crippen LogP contribution >= 0.6 is 22.6 Å². The quantitative estimate of drug-likeness (QED) is 0.00903. The lowest BCUT2D eigenvalue weighted by atomic mass is 9.96. The molecule has 0 bridgehead atoms. The molecule has 16 heterocycles. The molecule has 18 atom stereocenters. The van der Waals surface area contributed by atoms with E-state index in [1.807, 2.05) is 31.7 Å². The van der Waals surface area contributed by atoms with Crippen molar-refractivity contribution >= 4 is 109 Å². The monoisotopic (exact) mass is 1920 g/mol. The highest BCUT2D eigenvalue weighted by Crippen LogP contribution is 2.41. The van der Waals surface area contributed by atoms with Gasteiger partial charge in [0.05, 0.1) is 101 Å². The van der Waals surface area contributed by atoms with Crippen molar-refractivity contribution in [2.24, 2.45) is 23.0 Å². The third-order valence-electron chi connectivity index (χ3n) is 21.1. The van der Waals surface area contributed by atoms with Crippen molar-refractivity contribution in [1.29, 1.82) is 0 Å². The number of hydrogen-bond donors (Lipinski definition) is 14. The van der Waals surface area contributed by atoms with Gasteiger partial charge in [-0.3, -0.25) is 18.3 Å². The first-order chi connectivity index (χ1) is 62.3. The smallest absolute Gasteiger partial charge is 0.406 e. The van der Waals surface area contributed by atoms with E-state index >= 15 is 0 Å². The molecule has 15 N–H and O–H groups in total. The Balaban J connectivity index is 0.000000218. The van der Waals surface area contributed by atoms with Crippen molar-refractivity contribution in [1.82, 2.24) is 88.7 Å². The highest BCUT2D eigenvalue weighted by Gasteiger charge is 2.47. The fraction of sp³-hybridized carbons (Fsp3) is 0.723. The molecule has 4 unspecified atom stereocenters. The number of alkyl carbamates (subject to hydrolysis) is 2. The van der Waals surface area contributed by atoms with Gasteiger partial charge in [-0.2, -0.15) is 5.26 Å². The highest BCUT2D eigenvalue weighted by molar-refractivity contribution is 14.1. The zero-order valence-electron chi connectivity index (χ0n) is 77.1. The Morgan fingerprint density at radius 1 is 0.469 bits per heavy atom. The molecular weight excluding hydrogens is 1780 g/mol. The standard InChI is InChI=1S/C19H28N6O4.C17H25N5O3.C16H22N6O6.C14H19N5O5.C5H12.2C4H10.C2H4O3.CH3I.CH5N/c1-3-4-12-7-15(29-14(12)9-28-19(26)20-2)25-11-23-16-17(21-10-22-18(16)25)24-13-5-6-27-8-13;1-2-3-11-6-14(25-13(11)7-23)22-10-20-15-16(18-9-19-17(15)22)21-12-4-5-24-8-12;1-17-16(25)27-5-9-11(23)12(24)15(28-9)22-7-20-10-13(18-6-19-14(10)22)21-8-2-3-26-4-8;20-3-8-10(21)11(22)14(24-8)19-6-17-9-12(15-5-16-13(9)19)18-7-1-2-23-4-7;1-5(2,3)4;2*1-3-4-2;1-2(3)5-4;2*1-2/h10-15H,3-9H2,1-2H3,(H,20,26)(H,21,22,24);9-14,23H,2-8H2,1H3,(H,18,19,21);6-9,11-12,15,23-24H,2-5H2,1H3,(H,17,25)(H,18,19,21);5-8,10-11,14,20-22H,1-4H2,(H,15,16,18);1-4H3;2*3-4H2,1-2H3;4H,1H3;1H3;2H2,1H3/t12-,13+,14+,15?;11-,12+,13+,14?;8-,9-,11-,12-,15?;7-,8-,10-,11-,14?;;;;;;/m0011....../s1/i;;;;;;;;1D;. The van der Waals surface area contributed by atoms with E-state index in [2.05, 4.69) is 172 Å². The summed E-state index contributed by atoms with van der Waals surface area (Å²) in [5.74, 6) is 2.58. The summed E-state index contributed by atoms with van der Waals surface area (Å²) in [6.45, 7) is 28.1. The number of carbonyl (C=O) groups is 3. The normalized spacial score (nSPS) is 26.0. The number of halogens is 1. The topological polar surface area (TPSA) is 567 Å². The van der Waals surface area contributed by atoms with Crippen LogP contribution in [0.5, 0.6) is 0 Å². The molecule has 8 fully saturated rings. The number of aliphatic hydroxyl groups is 6. The first kappa shape index (κ1) is 105. The van der Waals surface area contributed by atoms with Crippen LogP contribution in [0.1, 0.15) is 192 Å². The molecular formula is C83H138IN23O21. The Hall–Kier alpha value is -8.50. The van der Waals surface area contributed by atoms with Crippen LogP contribution in [0.15, 0.2) is 50.6 Å². The molecule has 0 spiro atoms. The summed E-state index contributed by atoms with van der Waals surface area (Å²) >= 11 is 1.96. The van der Waals surface area contributed by atoms with Gasteiger partial charge < -0.3 is 121 Å². The molecule has 2 amide bonds. The number of rotatable bonds is 24. The summed E-state index contributed by atoms with van der Waals surface area (Å²) in [5, 5.41) is 85.0. The van der Waals surface area contributed by atoms with Crippen molar-refractivity contribution in [2.45, 2.75) is 264 Å². The van der Waals surface area contributed by atoms with Gasteiger partial charge in [-0.25, -0.2) is 74.2 Å². The highest BCUT2D eigenvalue weighted by atomic mass is 127. The van der Waals surface area contributed by atoms with Crippen LogP contribution in [0.4, 0.5) is 32.9 Å². The molecule has 8 saturated heterocycles. The Morgan fingerprint density at radius 2 is 0.758 bits per heavy atom. The molecule has 45 heteroatoms. The van der Waals surface area contributed by atoms with E-state index in [1.54, 1.807) is 32.4 Å². The Kier molecular flexibility index (Phi) is 45.6. The molecule has 8 aromatic rings. The van der Waals surface area contributed by atoms with Crippen molar-refractivity contribution in [3.05, 3.63) is 50.6 Å². The molecule has 8 aliphatic heterocycles. The number of alkyl halides is 1. The first-order valence-electron chi connectivity index (χ1n) is 44.6. The van der Waals surface area contributed by atoms with Crippen LogP contribution in [-0.2, 0) is 57.1 Å². The van der Waals surface area contributed by atoms with Crippen LogP contribution in [0.3, 0.4) is 0 Å². The zero-order valence-corrected chi connectivity index (χ0v) is 78.2. The minimum absolute atomic E-state index is 0.0528. The fourth-order valence-electron chi connectivity index (χ4n) is 14.3. The summed E-state index contributed by atoms with van der Waals surface area (Å²) in [5.41, 5.74) is 9.94. The van der Waals surface area contributed by atoms with Gasteiger partial charge in [0.25, 0.3) is 0 Å². The SMILES string of the molecule is CC(=O)OO.CC(C)(C)C.CCCC.CCCC.CCC[C@H]1CC(n2cnc3c(N[C@@H]4CCOC4)ncnc32)O[C@@H]1CO.CCC[C@H]1CC(n2cnc3c(N[C@@H]4CCOC4)ncnc32)O[C@@H]1COC(=O)NC.CN.CNC(=O)OC[C@H]1OC(n2cnc3c(N[C@@H]4CCOC4)ncnc32)[C@H](O)[C@@H]1O.OC[C@H]1OC(n2cnc3c(N[C@@H]4CCOC4)ncnc32)[C@H](O)[C@@H]1O.[2H]CI. The Bertz CT molecular complexity index is 4500. The van der Waals surface area contributed by atoms with Crippen LogP contribution in [0.25, 0.3) is 44.7 Å². The van der Waals surface area contributed by atoms with Crippen LogP contribution in [-0.4, -0.2) is 310 Å². The maximum Gasteiger partial charge on any atom is 0.406 e. The molecule has 0 radical (unpaired) electrons. The van der Waals surface area contributed by atoms with Gasteiger partial charge in [0.1, 0.15) is 87.6 Å². The average molecular weight is 1920 g/mol. The number of nitrogens with zero attached hydrogens (tertiary/aromatic N) is 16. The molecule has 8 aromatic heterocycles.